The molecule has 21 heavy (non-hydrogen) atoms. The minimum Gasteiger partial charge on any atom is -0.396 e. The maximum absolute atomic E-state index is 12.2. The van der Waals surface area contributed by atoms with Gasteiger partial charge >= 0.3 is 0 Å². The lowest BCUT2D eigenvalue weighted by Crippen LogP contribution is -2.40. The number of amides is 1. The summed E-state index contributed by atoms with van der Waals surface area (Å²) in [6.07, 6.45) is 6.11. The summed E-state index contributed by atoms with van der Waals surface area (Å²) in [6.45, 7) is 6.88. The second-order valence-corrected chi connectivity index (χ2v) is 6.32. The van der Waals surface area contributed by atoms with E-state index in [-0.39, 0.29) is 6.61 Å². The summed E-state index contributed by atoms with van der Waals surface area (Å²) in [6, 6.07) is 0.433. The van der Waals surface area contributed by atoms with Crippen LogP contribution in [0, 0.1) is 0 Å². The van der Waals surface area contributed by atoms with Crippen molar-refractivity contribution < 1.29 is 14.6 Å². The molecule has 1 atom stereocenters. The van der Waals surface area contributed by atoms with Crippen molar-refractivity contribution in [3.63, 3.8) is 0 Å². The number of hydrogen-bond acceptors (Lipinski definition) is 4. The SMILES string of the molecule is CC1CCCN1C(=O)CCN1CCC(OCCCO)CC1. The number of carbonyl (C=O) groups excluding carboxylic acids is 1. The molecule has 2 saturated heterocycles. The predicted molar refractivity (Wildman–Crippen MR) is 82.1 cm³/mol. The number of carbonyl (C=O) groups is 1. The first-order valence-corrected chi connectivity index (χ1v) is 8.45. The Morgan fingerprint density at radius 1 is 1.24 bits per heavy atom. The van der Waals surface area contributed by atoms with Crippen molar-refractivity contribution in [2.45, 2.75) is 57.6 Å². The van der Waals surface area contributed by atoms with Crippen LogP contribution in [0.1, 0.15) is 45.4 Å². The minimum absolute atomic E-state index is 0.204. The highest BCUT2D eigenvalue weighted by atomic mass is 16.5. The summed E-state index contributed by atoms with van der Waals surface area (Å²) in [5.41, 5.74) is 0. The number of piperidine rings is 1. The summed E-state index contributed by atoms with van der Waals surface area (Å²) >= 11 is 0. The molecule has 1 amide bonds. The summed E-state index contributed by atoms with van der Waals surface area (Å²) in [5, 5.41) is 8.74. The van der Waals surface area contributed by atoms with Crippen LogP contribution in [0.2, 0.25) is 0 Å². The van der Waals surface area contributed by atoms with E-state index in [1.807, 2.05) is 4.90 Å². The van der Waals surface area contributed by atoms with E-state index in [4.69, 9.17) is 9.84 Å². The molecule has 0 bridgehead atoms. The Morgan fingerprint density at radius 3 is 2.62 bits per heavy atom. The lowest BCUT2D eigenvalue weighted by Gasteiger charge is -2.32. The zero-order chi connectivity index (χ0) is 15.1. The Hall–Kier alpha value is -0.650. The Kier molecular flexibility index (Phi) is 6.93. The van der Waals surface area contributed by atoms with E-state index in [2.05, 4.69) is 11.8 Å². The summed E-state index contributed by atoms with van der Waals surface area (Å²) in [7, 11) is 0. The van der Waals surface area contributed by atoms with Crippen LogP contribution in [0.4, 0.5) is 0 Å². The van der Waals surface area contributed by atoms with Crippen LogP contribution in [0.25, 0.3) is 0 Å². The third-order valence-corrected chi connectivity index (χ3v) is 4.71. The molecule has 2 aliphatic rings. The first-order chi connectivity index (χ1) is 10.2. The Balaban J connectivity index is 1.59. The molecule has 2 rings (SSSR count). The molecule has 122 valence electrons. The highest BCUT2D eigenvalue weighted by Crippen LogP contribution is 2.18. The van der Waals surface area contributed by atoms with E-state index in [0.717, 1.165) is 58.3 Å². The van der Waals surface area contributed by atoms with Gasteiger partial charge in [-0.2, -0.15) is 0 Å². The standard InChI is InChI=1S/C16H30N2O3/c1-14-4-2-8-18(14)16(20)7-11-17-9-5-15(6-10-17)21-13-3-12-19/h14-15,19H,2-13H2,1H3. The molecule has 0 saturated carbocycles. The average molecular weight is 298 g/mol. The molecular formula is C16H30N2O3. The average Bonchev–Trinajstić information content (AvgIpc) is 2.92. The second kappa shape index (κ2) is 8.71. The van der Waals surface area contributed by atoms with Gasteiger partial charge in [-0.25, -0.2) is 0 Å². The topological polar surface area (TPSA) is 53.0 Å². The molecule has 2 fully saturated rings. The van der Waals surface area contributed by atoms with Crippen molar-refractivity contribution in [2.75, 3.05) is 39.4 Å². The number of aliphatic hydroxyl groups excluding tert-OH is 1. The largest absolute Gasteiger partial charge is 0.396 e. The fraction of sp³-hybridized carbons (Fsp3) is 0.938. The van der Waals surface area contributed by atoms with Crippen molar-refractivity contribution >= 4 is 5.91 Å². The molecule has 2 aliphatic heterocycles. The van der Waals surface area contributed by atoms with Gasteiger partial charge < -0.3 is 19.6 Å². The van der Waals surface area contributed by atoms with Crippen LogP contribution in [0.15, 0.2) is 0 Å². The van der Waals surface area contributed by atoms with Gasteiger partial charge in [-0.1, -0.05) is 0 Å². The summed E-state index contributed by atoms with van der Waals surface area (Å²) in [5.74, 6) is 0.321. The van der Waals surface area contributed by atoms with Crippen LogP contribution < -0.4 is 0 Å². The fourth-order valence-electron chi connectivity index (χ4n) is 3.32. The van der Waals surface area contributed by atoms with Crippen LogP contribution in [0.5, 0.6) is 0 Å². The number of hydrogen-bond donors (Lipinski definition) is 1. The number of nitrogens with zero attached hydrogens (tertiary/aromatic N) is 2. The molecule has 0 radical (unpaired) electrons. The van der Waals surface area contributed by atoms with Crippen molar-refractivity contribution in [2.24, 2.45) is 0 Å². The number of likely N-dealkylation sites (tertiary alicyclic amines) is 2. The van der Waals surface area contributed by atoms with Crippen LogP contribution in [-0.2, 0) is 9.53 Å². The van der Waals surface area contributed by atoms with Gasteiger partial charge in [0.2, 0.25) is 5.91 Å². The Labute approximate surface area is 128 Å². The van der Waals surface area contributed by atoms with Gasteiger partial charge in [-0.15, -0.1) is 0 Å². The van der Waals surface area contributed by atoms with E-state index >= 15 is 0 Å². The van der Waals surface area contributed by atoms with Crippen LogP contribution in [0.3, 0.4) is 0 Å². The van der Waals surface area contributed by atoms with E-state index in [1.54, 1.807) is 0 Å². The highest BCUT2D eigenvalue weighted by Gasteiger charge is 2.26. The normalized spacial score (nSPS) is 24.7. The molecule has 1 unspecified atom stereocenters. The van der Waals surface area contributed by atoms with Gasteiger partial charge in [0, 0.05) is 51.9 Å². The molecule has 1 N–H and O–H groups in total. The molecule has 5 nitrogen and oxygen atoms in total. The molecule has 0 aromatic rings. The molecular weight excluding hydrogens is 268 g/mol. The first kappa shape index (κ1) is 16.7. The quantitative estimate of drug-likeness (QED) is 0.719. The van der Waals surface area contributed by atoms with Crippen molar-refractivity contribution in [1.29, 1.82) is 0 Å². The van der Waals surface area contributed by atoms with Crippen LogP contribution in [-0.4, -0.2) is 72.4 Å². The number of aliphatic hydroxyl groups is 1. The zero-order valence-corrected chi connectivity index (χ0v) is 13.3. The van der Waals surface area contributed by atoms with E-state index in [1.165, 1.54) is 0 Å². The molecule has 0 aromatic heterocycles. The summed E-state index contributed by atoms with van der Waals surface area (Å²) in [4.78, 5) is 16.6. The second-order valence-electron chi connectivity index (χ2n) is 6.32. The highest BCUT2D eigenvalue weighted by molar-refractivity contribution is 5.77. The lowest BCUT2D eigenvalue weighted by molar-refractivity contribution is -0.132. The van der Waals surface area contributed by atoms with E-state index in [9.17, 15) is 4.79 Å². The lowest BCUT2D eigenvalue weighted by atomic mass is 10.1. The molecule has 5 heteroatoms. The molecule has 2 heterocycles. The minimum atomic E-state index is 0.204. The summed E-state index contributed by atoms with van der Waals surface area (Å²) < 4.78 is 5.73. The zero-order valence-electron chi connectivity index (χ0n) is 13.3. The predicted octanol–water partition coefficient (Wildman–Crippen LogP) is 1.25. The molecule has 0 aromatic carbocycles. The molecule has 0 aliphatic carbocycles. The number of rotatable bonds is 7. The number of ether oxygens (including phenoxy) is 1. The third kappa shape index (κ3) is 5.24. The molecule has 0 spiro atoms. The van der Waals surface area contributed by atoms with Gasteiger partial charge in [-0.05, 0) is 39.0 Å². The Morgan fingerprint density at radius 2 is 2.00 bits per heavy atom. The Bertz CT molecular complexity index is 317. The van der Waals surface area contributed by atoms with Crippen LogP contribution >= 0.6 is 0 Å². The van der Waals surface area contributed by atoms with Gasteiger partial charge in [0.1, 0.15) is 0 Å². The maximum Gasteiger partial charge on any atom is 0.224 e. The maximum atomic E-state index is 12.2. The fourth-order valence-corrected chi connectivity index (χ4v) is 3.32. The van der Waals surface area contributed by atoms with Crippen molar-refractivity contribution in [3.05, 3.63) is 0 Å². The first-order valence-electron chi connectivity index (χ1n) is 8.45. The van der Waals surface area contributed by atoms with Crippen molar-refractivity contribution in [1.82, 2.24) is 9.80 Å². The van der Waals surface area contributed by atoms with Gasteiger partial charge in [0.05, 0.1) is 6.10 Å². The van der Waals surface area contributed by atoms with Crippen molar-refractivity contribution in [3.8, 4) is 0 Å². The van der Waals surface area contributed by atoms with Gasteiger partial charge in [-0.3, -0.25) is 4.79 Å². The third-order valence-electron chi connectivity index (χ3n) is 4.71. The van der Waals surface area contributed by atoms with Gasteiger partial charge in [0.15, 0.2) is 0 Å². The smallest absolute Gasteiger partial charge is 0.224 e. The van der Waals surface area contributed by atoms with E-state index in [0.29, 0.717) is 31.1 Å². The monoisotopic (exact) mass is 298 g/mol. The van der Waals surface area contributed by atoms with E-state index < -0.39 is 0 Å². The van der Waals surface area contributed by atoms with Gasteiger partial charge in [0.25, 0.3) is 0 Å².